The van der Waals surface area contributed by atoms with Gasteiger partial charge in [0.25, 0.3) is 5.56 Å². The lowest BCUT2D eigenvalue weighted by atomic mass is 9.88. The lowest BCUT2D eigenvalue weighted by Gasteiger charge is -2.22. The fourth-order valence-corrected chi connectivity index (χ4v) is 6.71. The SMILES string of the molecule is CCOC(=O)[C@@H](C)Oc1c(I)cc(C=Nn2c(C3CCCCC3)nc3ccc(Br)cc3c2=O)cc1I. The van der Waals surface area contributed by atoms with Crippen molar-refractivity contribution < 1.29 is 14.3 Å². The Kier molecular flexibility index (Phi) is 9.42. The standard InChI is InChI=1S/C26H26BrI2N3O4/c1-3-35-26(34)15(2)36-23-20(28)11-16(12-21(23)29)14-30-32-24(17-7-5-4-6-8-17)31-22-10-9-18(27)13-19(22)25(32)33/h9-15,17H,3-8H2,1-2H3/t15-/m1/s1. The van der Waals surface area contributed by atoms with Crippen molar-refractivity contribution in [2.24, 2.45) is 5.10 Å². The summed E-state index contributed by atoms with van der Waals surface area (Å²) < 4.78 is 14.9. The molecule has 7 nitrogen and oxygen atoms in total. The van der Waals surface area contributed by atoms with Gasteiger partial charge >= 0.3 is 5.97 Å². The Labute approximate surface area is 245 Å². The summed E-state index contributed by atoms with van der Waals surface area (Å²) in [6.45, 7) is 3.74. The Bertz CT molecular complexity index is 1350. The van der Waals surface area contributed by atoms with Crippen LogP contribution in [-0.4, -0.2) is 34.6 Å². The average molecular weight is 778 g/mol. The van der Waals surface area contributed by atoms with Crippen LogP contribution in [0.5, 0.6) is 5.75 Å². The predicted octanol–water partition coefficient (Wildman–Crippen LogP) is 6.63. The number of hydrogen-bond acceptors (Lipinski definition) is 6. The van der Waals surface area contributed by atoms with Crippen LogP contribution in [0.1, 0.15) is 63.3 Å². The molecule has 2 aromatic carbocycles. The van der Waals surface area contributed by atoms with E-state index in [2.05, 4.69) is 66.2 Å². The molecule has 1 aromatic heterocycles. The monoisotopic (exact) mass is 777 g/mol. The molecule has 1 heterocycles. The Morgan fingerprint density at radius 2 is 1.92 bits per heavy atom. The van der Waals surface area contributed by atoms with Gasteiger partial charge in [0.2, 0.25) is 0 Å². The van der Waals surface area contributed by atoms with Gasteiger partial charge in [-0.1, -0.05) is 35.2 Å². The first-order valence-corrected chi connectivity index (χ1v) is 14.8. The van der Waals surface area contributed by atoms with Crippen molar-refractivity contribution in [2.45, 2.75) is 58.0 Å². The van der Waals surface area contributed by atoms with Crippen molar-refractivity contribution in [1.29, 1.82) is 0 Å². The van der Waals surface area contributed by atoms with Crippen LogP contribution < -0.4 is 10.3 Å². The zero-order valence-corrected chi connectivity index (χ0v) is 25.9. The number of carbonyl (C=O) groups is 1. The highest BCUT2D eigenvalue weighted by molar-refractivity contribution is 14.1. The van der Waals surface area contributed by atoms with Crippen LogP contribution in [0.2, 0.25) is 0 Å². The fraction of sp³-hybridized carbons (Fsp3) is 0.385. The maximum Gasteiger partial charge on any atom is 0.347 e. The number of ether oxygens (including phenoxy) is 2. The van der Waals surface area contributed by atoms with E-state index in [1.807, 2.05) is 24.3 Å². The normalized spacial score (nSPS) is 15.4. The predicted molar refractivity (Wildman–Crippen MR) is 161 cm³/mol. The van der Waals surface area contributed by atoms with E-state index in [4.69, 9.17) is 14.5 Å². The summed E-state index contributed by atoms with van der Waals surface area (Å²) in [6.07, 6.45) is 6.45. The highest BCUT2D eigenvalue weighted by Gasteiger charge is 2.23. The summed E-state index contributed by atoms with van der Waals surface area (Å²) in [4.78, 5) is 30.4. The van der Waals surface area contributed by atoms with Crippen LogP contribution >= 0.6 is 61.1 Å². The molecule has 1 atom stereocenters. The van der Waals surface area contributed by atoms with Gasteiger partial charge in [-0.15, -0.1) is 0 Å². The molecule has 0 unspecified atom stereocenters. The molecular formula is C26H26BrI2N3O4. The Balaban J connectivity index is 1.70. The first kappa shape index (κ1) is 27.5. The van der Waals surface area contributed by atoms with E-state index >= 15 is 0 Å². The molecule has 0 radical (unpaired) electrons. The molecule has 1 fully saturated rings. The number of hydrogen-bond donors (Lipinski definition) is 0. The summed E-state index contributed by atoms with van der Waals surface area (Å²) in [5.41, 5.74) is 1.33. The third-order valence-electron chi connectivity index (χ3n) is 6.06. The second-order valence-electron chi connectivity index (χ2n) is 8.65. The lowest BCUT2D eigenvalue weighted by molar-refractivity contribution is -0.150. The molecule has 10 heteroatoms. The van der Waals surface area contributed by atoms with Crippen LogP contribution in [0.15, 0.2) is 44.7 Å². The van der Waals surface area contributed by atoms with E-state index < -0.39 is 12.1 Å². The minimum absolute atomic E-state index is 0.175. The van der Waals surface area contributed by atoms with Gasteiger partial charge in [0.05, 0.1) is 30.9 Å². The van der Waals surface area contributed by atoms with Gasteiger partial charge in [-0.3, -0.25) is 4.79 Å². The van der Waals surface area contributed by atoms with Crippen LogP contribution in [0, 0.1) is 7.14 Å². The molecule has 0 spiro atoms. The van der Waals surface area contributed by atoms with E-state index in [9.17, 15) is 9.59 Å². The van der Waals surface area contributed by atoms with Crippen molar-refractivity contribution in [3.05, 3.63) is 63.7 Å². The van der Waals surface area contributed by atoms with Crippen LogP contribution in [0.4, 0.5) is 0 Å². The van der Waals surface area contributed by atoms with E-state index in [1.54, 1.807) is 26.1 Å². The molecule has 36 heavy (non-hydrogen) atoms. The smallest absolute Gasteiger partial charge is 0.347 e. The third-order valence-corrected chi connectivity index (χ3v) is 8.16. The van der Waals surface area contributed by atoms with Crippen LogP contribution in [0.3, 0.4) is 0 Å². The van der Waals surface area contributed by atoms with Crippen LogP contribution in [0.25, 0.3) is 10.9 Å². The number of benzene rings is 2. The number of rotatable bonds is 7. The number of aromatic nitrogens is 2. The molecule has 3 aromatic rings. The van der Waals surface area contributed by atoms with Gasteiger partial charge < -0.3 is 9.47 Å². The van der Waals surface area contributed by atoms with Gasteiger partial charge in [-0.05, 0) is 108 Å². The second-order valence-corrected chi connectivity index (χ2v) is 11.9. The maximum atomic E-state index is 13.5. The zero-order valence-electron chi connectivity index (χ0n) is 20.0. The molecule has 1 aliphatic carbocycles. The van der Waals surface area contributed by atoms with Gasteiger partial charge in [0, 0.05) is 10.4 Å². The van der Waals surface area contributed by atoms with E-state index in [0.717, 1.165) is 48.7 Å². The van der Waals surface area contributed by atoms with Gasteiger partial charge in [-0.2, -0.15) is 9.78 Å². The number of fused-ring (bicyclic) bond motifs is 1. The number of halogens is 3. The molecule has 0 aliphatic heterocycles. The lowest BCUT2D eigenvalue weighted by Crippen LogP contribution is -2.26. The van der Waals surface area contributed by atoms with Crippen molar-refractivity contribution in [3.8, 4) is 5.75 Å². The second kappa shape index (κ2) is 12.3. The van der Waals surface area contributed by atoms with Crippen molar-refractivity contribution in [1.82, 2.24) is 9.66 Å². The van der Waals surface area contributed by atoms with E-state index in [1.165, 1.54) is 11.1 Å². The average Bonchev–Trinajstić information content (AvgIpc) is 2.86. The van der Waals surface area contributed by atoms with Crippen molar-refractivity contribution >= 4 is 84.2 Å². The summed E-state index contributed by atoms with van der Waals surface area (Å²) >= 11 is 7.82. The van der Waals surface area contributed by atoms with Gasteiger partial charge in [0.1, 0.15) is 11.6 Å². The highest BCUT2D eigenvalue weighted by Crippen LogP contribution is 2.32. The molecule has 0 N–H and O–H groups in total. The molecule has 0 amide bonds. The summed E-state index contributed by atoms with van der Waals surface area (Å²) in [7, 11) is 0. The van der Waals surface area contributed by atoms with Crippen LogP contribution in [-0.2, 0) is 9.53 Å². The molecule has 4 rings (SSSR count). The first-order chi connectivity index (χ1) is 17.3. The molecule has 0 saturated heterocycles. The number of esters is 1. The van der Waals surface area contributed by atoms with E-state index in [0.29, 0.717) is 23.3 Å². The topological polar surface area (TPSA) is 82.8 Å². The zero-order chi connectivity index (χ0) is 25.8. The highest BCUT2D eigenvalue weighted by atomic mass is 127. The minimum Gasteiger partial charge on any atom is -0.477 e. The molecular weight excluding hydrogens is 752 g/mol. The maximum absolute atomic E-state index is 13.5. The summed E-state index contributed by atoms with van der Waals surface area (Å²) in [6, 6.07) is 9.40. The quantitative estimate of drug-likeness (QED) is 0.153. The Morgan fingerprint density at radius 3 is 2.58 bits per heavy atom. The number of nitrogens with zero attached hydrogens (tertiary/aromatic N) is 3. The number of carbonyl (C=O) groups excluding carboxylic acids is 1. The van der Waals surface area contributed by atoms with Crippen molar-refractivity contribution in [2.75, 3.05) is 6.61 Å². The summed E-state index contributed by atoms with van der Waals surface area (Å²) in [5, 5.41) is 5.17. The first-order valence-electron chi connectivity index (χ1n) is 11.9. The van der Waals surface area contributed by atoms with E-state index in [-0.39, 0.29) is 11.5 Å². The molecule has 1 saturated carbocycles. The Morgan fingerprint density at radius 1 is 1.22 bits per heavy atom. The summed E-state index contributed by atoms with van der Waals surface area (Å²) in [5.74, 6) is 1.14. The van der Waals surface area contributed by atoms with Gasteiger partial charge in [0.15, 0.2) is 6.10 Å². The minimum atomic E-state index is -0.717. The molecule has 1 aliphatic rings. The largest absolute Gasteiger partial charge is 0.477 e. The molecule has 190 valence electrons. The fourth-order valence-electron chi connectivity index (χ4n) is 4.28. The Hall–Kier alpha value is -1.54. The van der Waals surface area contributed by atoms with Gasteiger partial charge in [-0.25, -0.2) is 9.78 Å². The molecule has 0 bridgehead atoms. The van der Waals surface area contributed by atoms with Crippen molar-refractivity contribution in [3.63, 3.8) is 0 Å². The third kappa shape index (κ3) is 6.29.